The largest absolute Gasteiger partial charge is 0.350 e. The Bertz CT molecular complexity index is 1260. The summed E-state index contributed by atoms with van der Waals surface area (Å²) in [5.74, 6) is -0.247. The number of thiophene rings is 1. The highest BCUT2D eigenvalue weighted by Crippen LogP contribution is 2.32. The summed E-state index contributed by atoms with van der Waals surface area (Å²) in [7, 11) is 0. The van der Waals surface area contributed by atoms with E-state index >= 15 is 0 Å². The first kappa shape index (κ1) is 18.8. The summed E-state index contributed by atoms with van der Waals surface area (Å²) >= 11 is 5.04. The second kappa shape index (κ2) is 7.48. The van der Waals surface area contributed by atoms with Gasteiger partial charge in [-0.1, -0.05) is 52.3 Å². The number of fused-ring (bicyclic) bond motifs is 3. The number of amides is 1. The van der Waals surface area contributed by atoms with E-state index < -0.39 is 6.04 Å². The van der Waals surface area contributed by atoms with Crippen LogP contribution in [0.2, 0.25) is 0 Å². The number of rotatable bonds is 4. The van der Waals surface area contributed by atoms with Crippen LogP contribution >= 0.6 is 27.3 Å². The smallest absolute Gasteiger partial charge is 0.276 e. The van der Waals surface area contributed by atoms with Crippen LogP contribution in [0.1, 0.15) is 24.2 Å². The molecule has 4 rings (SSSR count). The van der Waals surface area contributed by atoms with Crippen LogP contribution in [0.15, 0.2) is 57.8 Å². The maximum absolute atomic E-state index is 13.1. The second-order valence-corrected chi connectivity index (χ2v) is 8.53. The molecule has 5 nitrogen and oxygen atoms in total. The van der Waals surface area contributed by atoms with Gasteiger partial charge >= 0.3 is 0 Å². The first-order valence-electron chi connectivity index (χ1n) is 8.89. The van der Waals surface area contributed by atoms with Crippen molar-refractivity contribution in [2.45, 2.75) is 26.4 Å². The zero-order chi connectivity index (χ0) is 19.8. The zero-order valence-electron chi connectivity index (χ0n) is 15.4. The maximum Gasteiger partial charge on any atom is 0.276 e. The van der Waals surface area contributed by atoms with Crippen LogP contribution in [-0.2, 0) is 11.3 Å². The van der Waals surface area contributed by atoms with Crippen molar-refractivity contribution >= 4 is 53.3 Å². The number of carbonyl (C=O) groups is 1. The third kappa shape index (κ3) is 3.25. The normalized spacial score (nSPS) is 12.4. The lowest BCUT2D eigenvalue weighted by Gasteiger charge is -2.15. The highest BCUT2D eigenvalue weighted by atomic mass is 79.9. The van der Waals surface area contributed by atoms with Gasteiger partial charge in [0, 0.05) is 21.1 Å². The van der Waals surface area contributed by atoms with Crippen molar-refractivity contribution in [3.05, 3.63) is 74.6 Å². The van der Waals surface area contributed by atoms with Gasteiger partial charge in [-0.2, -0.15) is 5.10 Å². The molecular weight excluding hydrogens is 438 g/mol. The fraction of sp³-hybridized carbons (Fsp3) is 0.190. The Kier molecular flexibility index (Phi) is 5.03. The first-order valence-corrected chi connectivity index (χ1v) is 10.5. The molecule has 2 aromatic heterocycles. The molecular formula is C21H18BrN3O2S. The van der Waals surface area contributed by atoms with Crippen LogP contribution in [0, 0.1) is 6.92 Å². The third-order valence-corrected chi connectivity index (χ3v) is 6.81. The molecule has 1 amide bonds. The molecule has 0 bridgehead atoms. The van der Waals surface area contributed by atoms with Crippen LogP contribution in [0.25, 0.3) is 20.2 Å². The van der Waals surface area contributed by atoms with E-state index in [0.717, 1.165) is 30.5 Å². The van der Waals surface area contributed by atoms with Gasteiger partial charge in [-0.05, 0) is 31.5 Å². The van der Waals surface area contributed by atoms with Gasteiger partial charge in [0.25, 0.3) is 5.56 Å². The molecule has 1 atom stereocenters. The van der Waals surface area contributed by atoms with Gasteiger partial charge in [0.2, 0.25) is 5.91 Å². The summed E-state index contributed by atoms with van der Waals surface area (Å²) in [6.45, 7) is 3.95. The number of aryl methyl sites for hydroxylation is 1. The van der Waals surface area contributed by atoms with Gasteiger partial charge in [-0.15, -0.1) is 11.3 Å². The van der Waals surface area contributed by atoms with Crippen molar-refractivity contribution < 1.29 is 4.79 Å². The summed E-state index contributed by atoms with van der Waals surface area (Å²) in [5, 5.41) is 8.88. The Morgan fingerprint density at radius 1 is 1.21 bits per heavy atom. The predicted molar refractivity (Wildman–Crippen MR) is 117 cm³/mol. The van der Waals surface area contributed by atoms with Crippen molar-refractivity contribution in [1.29, 1.82) is 0 Å². The van der Waals surface area contributed by atoms with E-state index in [-0.39, 0.29) is 11.5 Å². The van der Waals surface area contributed by atoms with Crippen molar-refractivity contribution in [2.75, 3.05) is 0 Å². The number of benzene rings is 2. The lowest BCUT2D eigenvalue weighted by atomic mass is 10.2. The molecule has 0 radical (unpaired) electrons. The number of halogens is 1. The highest BCUT2D eigenvalue weighted by molar-refractivity contribution is 9.10. The molecule has 4 aromatic rings. The number of hydrogen-bond acceptors (Lipinski definition) is 4. The summed E-state index contributed by atoms with van der Waals surface area (Å²) in [6.07, 6.45) is 0. The van der Waals surface area contributed by atoms with Crippen LogP contribution in [0.3, 0.4) is 0 Å². The van der Waals surface area contributed by atoms with Gasteiger partial charge in [0.05, 0.1) is 15.8 Å². The van der Waals surface area contributed by atoms with E-state index in [1.165, 1.54) is 4.68 Å². The van der Waals surface area contributed by atoms with Gasteiger partial charge in [0.1, 0.15) is 6.04 Å². The Balaban J connectivity index is 1.69. The second-order valence-electron chi connectivity index (χ2n) is 6.62. The molecule has 2 aromatic carbocycles. The summed E-state index contributed by atoms with van der Waals surface area (Å²) in [5.41, 5.74) is 1.49. The number of nitrogens with one attached hydrogen (secondary N) is 1. The number of hydrogen-bond donors (Lipinski definition) is 1. The quantitative estimate of drug-likeness (QED) is 0.490. The van der Waals surface area contributed by atoms with Crippen LogP contribution < -0.4 is 10.9 Å². The Morgan fingerprint density at radius 2 is 1.93 bits per heavy atom. The monoisotopic (exact) mass is 455 g/mol. The molecule has 0 aliphatic heterocycles. The highest BCUT2D eigenvalue weighted by Gasteiger charge is 2.21. The fourth-order valence-corrected chi connectivity index (χ4v) is 4.78. The van der Waals surface area contributed by atoms with Crippen LogP contribution in [0.5, 0.6) is 0 Å². The molecule has 0 spiro atoms. The third-order valence-electron chi connectivity index (χ3n) is 4.76. The van der Waals surface area contributed by atoms with Crippen LogP contribution in [-0.4, -0.2) is 15.7 Å². The summed E-state index contributed by atoms with van der Waals surface area (Å²) < 4.78 is 4.15. The molecule has 0 saturated carbocycles. The lowest BCUT2D eigenvalue weighted by Crippen LogP contribution is -2.37. The SMILES string of the molecule is Cc1nn(C(C)C(=O)NCc2ccccc2Br)c(=O)c2c1sc1ccccc12. The summed E-state index contributed by atoms with van der Waals surface area (Å²) in [4.78, 5) is 25.9. The van der Waals surface area contributed by atoms with E-state index in [2.05, 4.69) is 26.3 Å². The van der Waals surface area contributed by atoms with E-state index in [0.29, 0.717) is 11.9 Å². The van der Waals surface area contributed by atoms with Gasteiger partial charge < -0.3 is 5.32 Å². The van der Waals surface area contributed by atoms with Crippen molar-refractivity contribution in [2.24, 2.45) is 0 Å². The molecule has 0 saturated heterocycles. The zero-order valence-corrected chi connectivity index (χ0v) is 17.8. The number of aromatic nitrogens is 2. The number of nitrogens with zero attached hydrogens (tertiary/aromatic N) is 2. The molecule has 142 valence electrons. The molecule has 0 aliphatic rings. The van der Waals surface area contributed by atoms with Gasteiger partial charge in [-0.25, -0.2) is 4.68 Å². The van der Waals surface area contributed by atoms with E-state index in [1.807, 2.05) is 55.5 Å². The fourth-order valence-electron chi connectivity index (χ4n) is 3.22. The molecule has 0 aliphatic carbocycles. The molecule has 7 heteroatoms. The predicted octanol–water partition coefficient (Wildman–Crippen LogP) is 4.56. The molecule has 0 fully saturated rings. The average molecular weight is 456 g/mol. The Hall–Kier alpha value is -2.51. The Labute approximate surface area is 174 Å². The Morgan fingerprint density at radius 3 is 2.71 bits per heavy atom. The standard InChI is InChI=1S/C21H18BrN3O2S/c1-12-19-18(15-8-4-6-10-17(15)28-19)21(27)25(24-12)13(2)20(26)23-11-14-7-3-5-9-16(14)22/h3-10,13H,11H2,1-2H3,(H,23,26). The van der Waals surface area contributed by atoms with E-state index in [1.54, 1.807) is 18.3 Å². The summed E-state index contributed by atoms with van der Waals surface area (Å²) in [6, 6.07) is 14.8. The molecule has 28 heavy (non-hydrogen) atoms. The van der Waals surface area contributed by atoms with Crippen molar-refractivity contribution in [3.63, 3.8) is 0 Å². The van der Waals surface area contributed by atoms with Gasteiger partial charge in [-0.3, -0.25) is 9.59 Å². The maximum atomic E-state index is 13.1. The van der Waals surface area contributed by atoms with E-state index in [4.69, 9.17) is 0 Å². The molecule has 1 unspecified atom stereocenters. The molecule has 1 N–H and O–H groups in total. The van der Waals surface area contributed by atoms with Crippen molar-refractivity contribution in [3.8, 4) is 0 Å². The van der Waals surface area contributed by atoms with Crippen LogP contribution in [0.4, 0.5) is 0 Å². The minimum absolute atomic E-state index is 0.235. The lowest BCUT2D eigenvalue weighted by molar-refractivity contribution is -0.124. The van der Waals surface area contributed by atoms with E-state index in [9.17, 15) is 9.59 Å². The minimum Gasteiger partial charge on any atom is -0.350 e. The average Bonchev–Trinajstić information content (AvgIpc) is 3.10. The number of carbonyl (C=O) groups excluding carboxylic acids is 1. The van der Waals surface area contributed by atoms with Crippen molar-refractivity contribution in [1.82, 2.24) is 15.1 Å². The first-order chi connectivity index (χ1) is 13.5. The minimum atomic E-state index is -0.711. The topological polar surface area (TPSA) is 64.0 Å². The van der Waals surface area contributed by atoms with Gasteiger partial charge in [0.15, 0.2) is 0 Å². The molecule has 2 heterocycles.